The molecule has 186 valence electrons. The number of nitrogens with one attached hydrogen (secondary N) is 1. The minimum Gasteiger partial charge on any atom is -0.385 e. The van der Waals surface area contributed by atoms with E-state index in [-0.39, 0.29) is 36.2 Å². The SMILES string of the molecule is CC(=O)N(c1ccc(Cl)cc1)C1CC(C)N(C(=O)c2ccc(NCCC(N)=O)cc2)c2ccccc21. The Kier molecular flexibility index (Phi) is 7.60. The molecule has 0 spiro atoms. The molecule has 4 rings (SSSR count). The number of amides is 3. The van der Waals surface area contributed by atoms with Crippen molar-refractivity contribution < 1.29 is 14.4 Å². The minimum atomic E-state index is -0.371. The molecule has 0 aromatic heterocycles. The second kappa shape index (κ2) is 10.8. The van der Waals surface area contributed by atoms with Gasteiger partial charge in [-0.1, -0.05) is 29.8 Å². The van der Waals surface area contributed by atoms with Gasteiger partial charge in [0.05, 0.1) is 6.04 Å². The molecule has 2 atom stereocenters. The van der Waals surface area contributed by atoms with Gasteiger partial charge in [-0.05, 0) is 73.5 Å². The van der Waals surface area contributed by atoms with E-state index in [0.29, 0.717) is 23.6 Å². The summed E-state index contributed by atoms with van der Waals surface area (Å²) in [5.74, 6) is -0.564. The molecule has 1 aliphatic heterocycles. The fourth-order valence-electron chi connectivity index (χ4n) is 4.72. The standard InChI is InChI=1S/C28H29ClN4O3/c1-18-17-26(33(19(2)34)23-13-9-21(29)10-14-23)24-5-3-4-6-25(24)32(18)28(36)20-7-11-22(12-8-20)31-16-15-27(30)35/h3-14,18,26,31H,15-17H2,1-2H3,(H2,30,35). The first-order valence-electron chi connectivity index (χ1n) is 11.9. The average molecular weight is 505 g/mol. The van der Waals surface area contributed by atoms with Crippen LogP contribution in [0, 0.1) is 0 Å². The lowest BCUT2D eigenvalue weighted by atomic mass is 9.89. The lowest BCUT2D eigenvalue weighted by molar-refractivity contribution is -0.118. The Balaban J connectivity index is 1.63. The quantitative estimate of drug-likeness (QED) is 0.464. The topological polar surface area (TPSA) is 95.7 Å². The van der Waals surface area contributed by atoms with Gasteiger partial charge in [0.25, 0.3) is 5.91 Å². The van der Waals surface area contributed by atoms with E-state index >= 15 is 0 Å². The number of fused-ring (bicyclic) bond motifs is 1. The number of benzene rings is 3. The van der Waals surface area contributed by atoms with Crippen molar-refractivity contribution in [3.8, 4) is 0 Å². The van der Waals surface area contributed by atoms with Crippen LogP contribution in [0.5, 0.6) is 0 Å². The fraction of sp³-hybridized carbons (Fsp3) is 0.250. The maximum atomic E-state index is 13.7. The van der Waals surface area contributed by atoms with Gasteiger partial charge in [0.2, 0.25) is 11.8 Å². The van der Waals surface area contributed by atoms with Gasteiger partial charge >= 0.3 is 0 Å². The summed E-state index contributed by atoms with van der Waals surface area (Å²) in [7, 11) is 0. The molecule has 0 saturated heterocycles. The van der Waals surface area contributed by atoms with Crippen LogP contribution in [0.4, 0.5) is 17.1 Å². The number of nitrogens with two attached hydrogens (primary N) is 1. The highest BCUT2D eigenvalue weighted by Gasteiger charge is 2.38. The molecular formula is C28H29ClN4O3. The Labute approximate surface area is 215 Å². The van der Waals surface area contributed by atoms with Crippen LogP contribution in [0.15, 0.2) is 72.8 Å². The van der Waals surface area contributed by atoms with Crippen molar-refractivity contribution in [2.24, 2.45) is 5.73 Å². The van der Waals surface area contributed by atoms with Gasteiger partial charge in [0.1, 0.15) is 0 Å². The molecule has 0 radical (unpaired) electrons. The van der Waals surface area contributed by atoms with Gasteiger partial charge in [-0.25, -0.2) is 0 Å². The zero-order valence-electron chi connectivity index (χ0n) is 20.3. The molecule has 8 heteroatoms. The Morgan fingerprint density at radius 2 is 1.69 bits per heavy atom. The number of nitrogens with zero attached hydrogens (tertiary/aromatic N) is 2. The van der Waals surface area contributed by atoms with Crippen molar-refractivity contribution in [1.82, 2.24) is 0 Å². The van der Waals surface area contributed by atoms with Crippen molar-refractivity contribution in [2.75, 3.05) is 21.7 Å². The van der Waals surface area contributed by atoms with Crippen LogP contribution >= 0.6 is 11.6 Å². The zero-order valence-corrected chi connectivity index (χ0v) is 21.0. The number of anilines is 3. The van der Waals surface area contributed by atoms with Crippen LogP contribution in [0.25, 0.3) is 0 Å². The molecule has 0 aliphatic carbocycles. The third kappa shape index (κ3) is 5.36. The molecule has 0 saturated carbocycles. The Bertz CT molecular complexity index is 1260. The van der Waals surface area contributed by atoms with E-state index in [9.17, 15) is 14.4 Å². The molecule has 7 nitrogen and oxygen atoms in total. The number of carbonyl (C=O) groups is 3. The predicted octanol–water partition coefficient (Wildman–Crippen LogP) is 5.16. The van der Waals surface area contributed by atoms with Crippen LogP contribution in [0.1, 0.15) is 48.7 Å². The van der Waals surface area contributed by atoms with Crippen LogP contribution in [-0.2, 0) is 9.59 Å². The van der Waals surface area contributed by atoms with Crippen molar-refractivity contribution in [1.29, 1.82) is 0 Å². The summed E-state index contributed by atoms with van der Waals surface area (Å²) in [6.07, 6.45) is 0.814. The second-order valence-corrected chi connectivity index (χ2v) is 9.36. The maximum Gasteiger partial charge on any atom is 0.258 e. The lowest BCUT2D eigenvalue weighted by Gasteiger charge is -2.43. The molecule has 0 fully saturated rings. The highest BCUT2D eigenvalue weighted by atomic mass is 35.5. The van der Waals surface area contributed by atoms with E-state index in [0.717, 1.165) is 22.6 Å². The first-order chi connectivity index (χ1) is 17.3. The number of halogens is 1. The normalized spacial score (nSPS) is 16.7. The van der Waals surface area contributed by atoms with Crippen LogP contribution < -0.4 is 20.9 Å². The number of hydrogen-bond donors (Lipinski definition) is 2. The van der Waals surface area contributed by atoms with E-state index in [1.807, 2.05) is 60.4 Å². The number of carbonyl (C=O) groups excluding carboxylic acids is 3. The summed E-state index contributed by atoms with van der Waals surface area (Å²) >= 11 is 6.08. The van der Waals surface area contributed by atoms with Gasteiger partial charge in [0.15, 0.2) is 0 Å². The van der Waals surface area contributed by atoms with Crippen molar-refractivity contribution in [2.45, 2.75) is 38.8 Å². The molecule has 1 aliphatic rings. The van der Waals surface area contributed by atoms with Crippen molar-refractivity contribution >= 4 is 46.4 Å². The van der Waals surface area contributed by atoms with Gasteiger partial charge in [-0.3, -0.25) is 14.4 Å². The van der Waals surface area contributed by atoms with E-state index in [1.165, 1.54) is 0 Å². The lowest BCUT2D eigenvalue weighted by Crippen LogP contribution is -2.47. The van der Waals surface area contributed by atoms with Gasteiger partial charge in [0, 0.05) is 53.6 Å². The smallest absolute Gasteiger partial charge is 0.258 e. The van der Waals surface area contributed by atoms with E-state index in [4.69, 9.17) is 17.3 Å². The number of primary amides is 1. The molecule has 1 heterocycles. The van der Waals surface area contributed by atoms with Gasteiger partial charge < -0.3 is 20.9 Å². The number of para-hydroxylation sites is 1. The molecule has 2 unspecified atom stereocenters. The first-order valence-corrected chi connectivity index (χ1v) is 12.2. The van der Waals surface area contributed by atoms with E-state index in [2.05, 4.69) is 5.32 Å². The van der Waals surface area contributed by atoms with Gasteiger partial charge in [-0.2, -0.15) is 0 Å². The summed E-state index contributed by atoms with van der Waals surface area (Å²) in [4.78, 5) is 41.0. The summed E-state index contributed by atoms with van der Waals surface area (Å²) in [5.41, 5.74) is 9.01. The zero-order chi connectivity index (χ0) is 25.8. The summed E-state index contributed by atoms with van der Waals surface area (Å²) in [5, 5.41) is 3.72. The molecule has 3 amide bonds. The van der Waals surface area contributed by atoms with Crippen LogP contribution in [0.3, 0.4) is 0 Å². The van der Waals surface area contributed by atoms with Crippen LogP contribution in [0.2, 0.25) is 5.02 Å². The van der Waals surface area contributed by atoms with E-state index in [1.54, 1.807) is 36.1 Å². The summed E-state index contributed by atoms with van der Waals surface area (Å²) < 4.78 is 0. The first kappa shape index (κ1) is 25.3. The van der Waals surface area contributed by atoms with Crippen molar-refractivity contribution in [3.63, 3.8) is 0 Å². The Morgan fingerprint density at radius 3 is 2.33 bits per heavy atom. The number of hydrogen-bond acceptors (Lipinski definition) is 4. The largest absolute Gasteiger partial charge is 0.385 e. The highest BCUT2D eigenvalue weighted by Crippen LogP contribution is 2.42. The second-order valence-electron chi connectivity index (χ2n) is 8.92. The third-order valence-corrected chi connectivity index (χ3v) is 6.62. The van der Waals surface area contributed by atoms with Crippen molar-refractivity contribution in [3.05, 3.63) is 88.9 Å². The van der Waals surface area contributed by atoms with Gasteiger partial charge in [-0.15, -0.1) is 0 Å². The Morgan fingerprint density at radius 1 is 1.03 bits per heavy atom. The fourth-order valence-corrected chi connectivity index (χ4v) is 4.84. The summed E-state index contributed by atoms with van der Waals surface area (Å²) in [6, 6.07) is 21.7. The number of rotatable bonds is 7. The summed E-state index contributed by atoms with van der Waals surface area (Å²) in [6.45, 7) is 3.99. The molecule has 3 N–H and O–H groups in total. The van der Waals surface area contributed by atoms with Crippen LogP contribution in [-0.4, -0.2) is 30.3 Å². The molecule has 3 aromatic carbocycles. The molecule has 0 bridgehead atoms. The minimum absolute atomic E-state index is 0.0801. The Hall–Kier alpha value is -3.84. The molecule has 36 heavy (non-hydrogen) atoms. The monoisotopic (exact) mass is 504 g/mol. The molecular weight excluding hydrogens is 476 g/mol. The maximum absolute atomic E-state index is 13.7. The average Bonchev–Trinajstić information content (AvgIpc) is 2.85. The molecule has 3 aromatic rings. The third-order valence-electron chi connectivity index (χ3n) is 6.37. The highest BCUT2D eigenvalue weighted by molar-refractivity contribution is 6.30. The van der Waals surface area contributed by atoms with E-state index < -0.39 is 0 Å². The predicted molar refractivity (Wildman–Crippen MR) is 143 cm³/mol.